The minimum atomic E-state index is 0.914. The predicted octanol–water partition coefficient (Wildman–Crippen LogP) is 10.8. The lowest BCUT2D eigenvalue weighted by atomic mass is 9.88. The summed E-state index contributed by atoms with van der Waals surface area (Å²) in [6.45, 7) is 0. The summed E-state index contributed by atoms with van der Waals surface area (Å²) in [6.07, 6.45) is 0. The maximum absolute atomic E-state index is 6.34. The molecule has 1 nitrogen and oxygen atoms in total. The molecule has 0 fully saturated rings. The average Bonchev–Trinajstić information content (AvgIpc) is 3.01. The minimum absolute atomic E-state index is 0.914. The molecular weight excluding hydrogens is 472 g/mol. The highest BCUT2D eigenvalue weighted by atomic mass is 16.5. The fourth-order valence-electron chi connectivity index (χ4n) is 6.13. The summed E-state index contributed by atoms with van der Waals surface area (Å²) in [7, 11) is 0. The molecule has 0 saturated heterocycles. The van der Waals surface area contributed by atoms with E-state index in [1.54, 1.807) is 0 Å². The van der Waals surface area contributed by atoms with E-state index >= 15 is 0 Å². The first-order chi connectivity index (χ1) is 19.3. The van der Waals surface area contributed by atoms with Gasteiger partial charge in [-0.25, -0.2) is 0 Å². The standard InChI is InChI=1S/C38H24O/c1-2-10-25(11-3-1)30-17-7-12-26-13-8-18-31(37(26)30)28-15-6-14-27(24-28)29-22-23-36-38-33(29)19-9-20-34(38)32-16-4-5-21-35(32)39-36/h1-24H. The molecule has 0 saturated carbocycles. The van der Waals surface area contributed by atoms with Crippen molar-refractivity contribution < 1.29 is 4.74 Å². The summed E-state index contributed by atoms with van der Waals surface area (Å²) < 4.78 is 6.34. The maximum Gasteiger partial charge on any atom is 0.135 e. The summed E-state index contributed by atoms with van der Waals surface area (Å²) >= 11 is 0. The van der Waals surface area contributed by atoms with E-state index in [1.807, 2.05) is 12.1 Å². The topological polar surface area (TPSA) is 9.23 Å². The van der Waals surface area contributed by atoms with Crippen molar-refractivity contribution in [3.05, 3.63) is 146 Å². The normalized spacial score (nSPS) is 11.8. The molecule has 1 heterocycles. The lowest BCUT2D eigenvalue weighted by Gasteiger charge is -2.22. The molecule has 1 aliphatic rings. The van der Waals surface area contributed by atoms with Gasteiger partial charge in [0.2, 0.25) is 0 Å². The molecule has 0 amide bonds. The summed E-state index contributed by atoms with van der Waals surface area (Å²) in [5, 5.41) is 4.91. The van der Waals surface area contributed by atoms with Crippen LogP contribution < -0.4 is 4.74 Å². The number of benzene rings is 7. The Labute approximate surface area is 227 Å². The van der Waals surface area contributed by atoms with Crippen LogP contribution in [0, 0.1) is 0 Å². The highest BCUT2D eigenvalue weighted by Gasteiger charge is 2.21. The number of fused-ring (bicyclic) bond motifs is 3. The second kappa shape index (κ2) is 8.72. The third-order valence-electron chi connectivity index (χ3n) is 7.87. The molecule has 7 aromatic carbocycles. The molecule has 39 heavy (non-hydrogen) atoms. The summed E-state index contributed by atoms with van der Waals surface area (Å²) in [4.78, 5) is 0. The van der Waals surface area contributed by atoms with Gasteiger partial charge in [0, 0.05) is 10.9 Å². The maximum atomic E-state index is 6.34. The Kier molecular flexibility index (Phi) is 4.89. The number of rotatable bonds is 3. The third-order valence-corrected chi connectivity index (χ3v) is 7.87. The minimum Gasteiger partial charge on any atom is -0.456 e. The molecule has 1 heteroatoms. The van der Waals surface area contributed by atoms with Crippen LogP contribution in [0.25, 0.3) is 66.1 Å². The predicted molar refractivity (Wildman–Crippen MR) is 163 cm³/mol. The fourth-order valence-corrected chi connectivity index (χ4v) is 6.13. The van der Waals surface area contributed by atoms with E-state index in [4.69, 9.17) is 4.74 Å². The van der Waals surface area contributed by atoms with Gasteiger partial charge in [0.1, 0.15) is 11.5 Å². The first kappa shape index (κ1) is 21.9. The molecule has 182 valence electrons. The van der Waals surface area contributed by atoms with Crippen LogP contribution in [0.2, 0.25) is 0 Å². The summed E-state index contributed by atoms with van der Waals surface area (Å²) in [5.41, 5.74) is 9.72. The van der Waals surface area contributed by atoms with E-state index in [9.17, 15) is 0 Å². The van der Waals surface area contributed by atoms with E-state index in [2.05, 4.69) is 133 Å². The van der Waals surface area contributed by atoms with Gasteiger partial charge in [-0.05, 0) is 73.3 Å². The van der Waals surface area contributed by atoms with Crippen LogP contribution in [0.5, 0.6) is 11.5 Å². The molecule has 0 atom stereocenters. The molecule has 0 aliphatic carbocycles. The van der Waals surface area contributed by atoms with E-state index in [0.717, 1.165) is 17.1 Å². The molecule has 0 unspecified atom stereocenters. The van der Waals surface area contributed by atoms with Crippen LogP contribution in [-0.4, -0.2) is 0 Å². The molecule has 8 rings (SSSR count). The average molecular weight is 497 g/mol. The first-order valence-corrected chi connectivity index (χ1v) is 13.4. The van der Waals surface area contributed by atoms with E-state index in [1.165, 1.54) is 60.5 Å². The van der Waals surface area contributed by atoms with E-state index in [-0.39, 0.29) is 0 Å². The zero-order chi connectivity index (χ0) is 25.8. The zero-order valence-electron chi connectivity index (χ0n) is 21.3. The smallest absolute Gasteiger partial charge is 0.135 e. The number of para-hydroxylation sites is 1. The van der Waals surface area contributed by atoms with Crippen LogP contribution in [0.1, 0.15) is 0 Å². The number of hydrogen-bond acceptors (Lipinski definition) is 1. The van der Waals surface area contributed by atoms with Crippen LogP contribution in [0.4, 0.5) is 0 Å². The van der Waals surface area contributed by atoms with Gasteiger partial charge in [-0.3, -0.25) is 0 Å². The van der Waals surface area contributed by atoms with Crippen molar-refractivity contribution in [2.45, 2.75) is 0 Å². The van der Waals surface area contributed by atoms with Gasteiger partial charge in [-0.2, -0.15) is 0 Å². The number of ether oxygens (including phenoxy) is 1. The molecule has 0 bridgehead atoms. The lowest BCUT2D eigenvalue weighted by molar-refractivity contribution is 0.487. The van der Waals surface area contributed by atoms with Crippen molar-refractivity contribution >= 4 is 21.5 Å². The third kappa shape index (κ3) is 3.48. The van der Waals surface area contributed by atoms with Crippen LogP contribution >= 0.6 is 0 Å². The molecular formula is C38H24O. The molecule has 0 aromatic heterocycles. The van der Waals surface area contributed by atoms with E-state index < -0.39 is 0 Å². The van der Waals surface area contributed by atoms with Crippen LogP contribution in [0.3, 0.4) is 0 Å². The Morgan fingerprint density at radius 1 is 0.333 bits per heavy atom. The van der Waals surface area contributed by atoms with Gasteiger partial charge in [0.05, 0.1) is 0 Å². The largest absolute Gasteiger partial charge is 0.456 e. The molecule has 0 radical (unpaired) electrons. The first-order valence-electron chi connectivity index (χ1n) is 13.4. The van der Waals surface area contributed by atoms with Crippen molar-refractivity contribution in [3.8, 4) is 56.0 Å². The van der Waals surface area contributed by atoms with Gasteiger partial charge in [0.15, 0.2) is 0 Å². The second-order valence-electron chi connectivity index (χ2n) is 10.1. The number of hydrogen-bond donors (Lipinski definition) is 0. The van der Waals surface area contributed by atoms with Crippen molar-refractivity contribution in [1.82, 2.24) is 0 Å². The van der Waals surface area contributed by atoms with Gasteiger partial charge in [-0.15, -0.1) is 0 Å². The summed E-state index contributed by atoms with van der Waals surface area (Å²) in [6, 6.07) is 52.0. The van der Waals surface area contributed by atoms with Crippen LogP contribution in [-0.2, 0) is 0 Å². The van der Waals surface area contributed by atoms with Crippen molar-refractivity contribution in [2.75, 3.05) is 0 Å². The highest BCUT2D eigenvalue weighted by Crippen LogP contribution is 2.48. The lowest BCUT2D eigenvalue weighted by Crippen LogP contribution is -1.97. The molecule has 0 spiro atoms. The molecule has 7 aromatic rings. The molecule has 1 aliphatic heterocycles. The van der Waals surface area contributed by atoms with Crippen molar-refractivity contribution in [2.24, 2.45) is 0 Å². The van der Waals surface area contributed by atoms with E-state index in [0.29, 0.717) is 0 Å². The SMILES string of the molecule is c1ccc(-c2cccc3cccc(-c4cccc(-c5ccc6c7c(cccc57)-c5ccccc5O6)c4)c23)cc1. The Morgan fingerprint density at radius 3 is 1.79 bits per heavy atom. The highest BCUT2D eigenvalue weighted by molar-refractivity contribution is 6.11. The zero-order valence-corrected chi connectivity index (χ0v) is 21.3. The Hall–Kier alpha value is -5.14. The van der Waals surface area contributed by atoms with Gasteiger partial charge in [-0.1, -0.05) is 127 Å². The van der Waals surface area contributed by atoms with Gasteiger partial charge < -0.3 is 4.74 Å². The monoisotopic (exact) mass is 496 g/mol. The molecule has 0 N–H and O–H groups in total. The summed E-state index contributed by atoms with van der Waals surface area (Å²) in [5.74, 6) is 1.83. The van der Waals surface area contributed by atoms with Crippen molar-refractivity contribution in [3.63, 3.8) is 0 Å². The van der Waals surface area contributed by atoms with Gasteiger partial charge in [0.25, 0.3) is 0 Å². The Morgan fingerprint density at radius 2 is 0.949 bits per heavy atom. The quantitative estimate of drug-likeness (QED) is 0.236. The fraction of sp³-hybridized carbons (Fsp3) is 0. The Balaban J connectivity index is 1.33. The van der Waals surface area contributed by atoms with Crippen LogP contribution in [0.15, 0.2) is 146 Å². The Bertz CT molecular complexity index is 2030. The van der Waals surface area contributed by atoms with Crippen molar-refractivity contribution in [1.29, 1.82) is 0 Å². The van der Waals surface area contributed by atoms with Gasteiger partial charge >= 0.3 is 0 Å². The second-order valence-corrected chi connectivity index (χ2v) is 10.1.